The van der Waals surface area contributed by atoms with Gasteiger partial charge in [0.05, 0.1) is 0 Å². The van der Waals surface area contributed by atoms with E-state index >= 15 is 0 Å². The van der Waals surface area contributed by atoms with E-state index in [0.717, 1.165) is 23.5 Å². The Morgan fingerprint density at radius 2 is 2.14 bits per heavy atom. The monoisotopic (exact) mass is 306 g/mol. The summed E-state index contributed by atoms with van der Waals surface area (Å²) in [5, 5.41) is 6.20. The van der Waals surface area contributed by atoms with Crippen LogP contribution in [0.5, 0.6) is 0 Å². The number of aromatic nitrogens is 3. The van der Waals surface area contributed by atoms with Crippen molar-refractivity contribution >= 4 is 11.8 Å². The lowest BCUT2D eigenvalue weighted by Gasteiger charge is -2.11. The molecule has 0 aliphatic heterocycles. The number of hydrogen-bond acceptors (Lipinski definition) is 5. The first-order valence-corrected chi connectivity index (χ1v) is 7.48. The first-order chi connectivity index (χ1) is 10.0. The maximum Gasteiger partial charge on any atom is 0.339 e. The fourth-order valence-electron chi connectivity index (χ4n) is 1.86. The maximum absolute atomic E-state index is 11.4. The average molecular weight is 306 g/mol. The summed E-state index contributed by atoms with van der Waals surface area (Å²) in [5.74, 6) is 0. The molecule has 0 spiro atoms. The van der Waals surface area contributed by atoms with Crippen LogP contribution in [0, 0.1) is 6.92 Å². The normalized spacial score (nSPS) is 10.8. The molecule has 112 valence electrons. The van der Waals surface area contributed by atoms with Crippen molar-refractivity contribution in [1.29, 1.82) is 0 Å². The zero-order valence-electron chi connectivity index (χ0n) is 12.3. The highest BCUT2D eigenvalue weighted by molar-refractivity contribution is 7.99. The van der Waals surface area contributed by atoms with Gasteiger partial charge in [-0.1, -0.05) is 24.6 Å². The van der Waals surface area contributed by atoms with Crippen molar-refractivity contribution in [3.05, 3.63) is 50.0 Å². The topological polar surface area (TPSA) is 79.8 Å². The van der Waals surface area contributed by atoms with Gasteiger partial charge in [-0.3, -0.25) is 19.4 Å². The van der Waals surface area contributed by atoms with Crippen LogP contribution in [0.15, 0.2) is 37.8 Å². The van der Waals surface area contributed by atoms with Crippen LogP contribution in [0.2, 0.25) is 0 Å². The number of nitrogens with zero attached hydrogens (tertiary/aromatic N) is 2. The van der Waals surface area contributed by atoms with Gasteiger partial charge in [0.2, 0.25) is 0 Å². The minimum absolute atomic E-state index is 0.459. The number of H-pyrrole nitrogens is 1. The van der Waals surface area contributed by atoms with Gasteiger partial charge >= 0.3 is 11.1 Å². The van der Waals surface area contributed by atoms with Gasteiger partial charge in [0.15, 0.2) is 5.16 Å². The largest absolute Gasteiger partial charge is 0.339 e. The molecule has 2 aromatic rings. The second kappa shape index (κ2) is 6.73. The van der Waals surface area contributed by atoms with Gasteiger partial charge in [0, 0.05) is 18.5 Å². The molecule has 0 aliphatic rings. The number of benzene rings is 1. The highest BCUT2D eigenvalue weighted by atomic mass is 32.2. The van der Waals surface area contributed by atoms with Gasteiger partial charge < -0.3 is 5.32 Å². The smallest absolute Gasteiger partial charge is 0.313 e. The molecule has 0 amide bonds. The van der Waals surface area contributed by atoms with Gasteiger partial charge in [0.1, 0.15) is 0 Å². The highest BCUT2D eigenvalue weighted by Crippen LogP contribution is 2.28. The molecule has 2 N–H and O–H groups in total. The summed E-state index contributed by atoms with van der Waals surface area (Å²) in [7, 11) is 1.66. The molecule has 1 heterocycles. The van der Waals surface area contributed by atoms with E-state index in [9.17, 15) is 9.59 Å². The summed E-state index contributed by atoms with van der Waals surface area (Å²) in [6, 6.07) is 6.13. The summed E-state index contributed by atoms with van der Waals surface area (Å²) in [6.07, 6.45) is 0. The van der Waals surface area contributed by atoms with E-state index in [1.165, 1.54) is 22.0 Å². The molecule has 0 unspecified atom stereocenters. The Labute approximate surface area is 126 Å². The molecule has 1 aromatic heterocycles. The van der Waals surface area contributed by atoms with Crippen LogP contribution in [0.1, 0.15) is 18.1 Å². The van der Waals surface area contributed by atoms with E-state index in [0.29, 0.717) is 5.16 Å². The lowest BCUT2D eigenvalue weighted by Crippen LogP contribution is -2.33. The van der Waals surface area contributed by atoms with Crippen LogP contribution >= 0.6 is 11.8 Å². The molecular weight excluding hydrogens is 288 g/mol. The zero-order chi connectivity index (χ0) is 15.4. The predicted octanol–water partition coefficient (Wildman–Crippen LogP) is 1.04. The number of hydrogen-bond donors (Lipinski definition) is 2. The Morgan fingerprint density at radius 3 is 2.86 bits per heavy atom. The summed E-state index contributed by atoms with van der Waals surface area (Å²) >= 11 is 1.36. The van der Waals surface area contributed by atoms with Gasteiger partial charge in [-0.15, -0.1) is 0 Å². The Bertz CT molecular complexity index is 751. The third-order valence-electron chi connectivity index (χ3n) is 2.93. The van der Waals surface area contributed by atoms with E-state index in [4.69, 9.17) is 0 Å². The summed E-state index contributed by atoms with van der Waals surface area (Å²) in [5.41, 5.74) is 0.840. The molecule has 0 saturated heterocycles. The SMILES string of the molecule is CCNCc1cc(C)ccc1Sc1nc(=O)c(=O)[nH]n1C. The molecule has 1 aromatic carbocycles. The van der Waals surface area contributed by atoms with Crippen molar-refractivity contribution in [3.63, 3.8) is 0 Å². The van der Waals surface area contributed by atoms with Gasteiger partial charge in [-0.25, -0.2) is 0 Å². The van der Waals surface area contributed by atoms with Crippen molar-refractivity contribution in [2.45, 2.75) is 30.4 Å². The van der Waals surface area contributed by atoms with Crippen LogP contribution in [0.25, 0.3) is 0 Å². The van der Waals surface area contributed by atoms with Crippen LogP contribution in [0.4, 0.5) is 0 Å². The molecule has 2 rings (SSSR count). The second-order valence-corrected chi connectivity index (χ2v) is 5.70. The molecule has 21 heavy (non-hydrogen) atoms. The fraction of sp³-hybridized carbons (Fsp3) is 0.357. The van der Waals surface area contributed by atoms with E-state index in [2.05, 4.69) is 28.4 Å². The maximum atomic E-state index is 11.4. The molecular formula is C14H18N4O2S. The summed E-state index contributed by atoms with van der Waals surface area (Å²) in [4.78, 5) is 27.5. The lowest BCUT2D eigenvalue weighted by molar-refractivity contribution is 0.596. The zero-order valence-corrected chi connectivity index (χ0v) is 13.1. The molecule has 0 radical (unpaired) electrons. The van der Waals surface area contributed by atoms with Crippen molar-refractivity contribution in [1.82, 2.24) is 20.1 Å². The number of aryl methyl sites for hydroxylation is 2. The fourth-order valence-corrected chi connectivity index (χ4v) is 2.76. The van der Waals surface area contributed by atoms with Gasteiger partial charge in [0.25, 0.3) is 0 Å². The van der Waals surface area contributed by atoms with Gasteiger partial charge in [-0.2, -0.15) is 4.98 Å². The molecule has 0 atom stereocenters. The molecule has 7 heteroatoms. The first-order valence-electron chi connectivity index (χ1n) is 6.66. The Morgan fingerprint density at radius 1 is 1.38 bits per heavy atom. The van der Waals surface area contributed by atoms with Gasteiger partial charge in [-0.05, 0) is 36.9 Å². The first kappa shape index (κ1) is 15.5. The molecule has 6 nitrogen and oxygen atoms in total. The Hall–Kier alpha value is -1.86. The van der Waals surface area contributed by atoms with Crippen molar-refractivity contribution < 1.29 is 0 Å². The third kappa shape index (κ3) is 3.83. The Balaban J connectivity index is 2.37. The quantitative estimate of drug-likeness (QED) is 0.807. The van der Waals surface area contributed by atoms with Crippen LogP contribution < -0.4 is 16.4 Å². The minimum Gasteiger partial charge on any atom is -0.313 e. The standard InChI is InChI=1S/C14H18N4O2S/c1-4-15-8-10-7-9(2)5-6-11(10)21-14-16-12(19)13(20)17-18(14)3/h5-7,15H,4,8H2,1-3H3,(H,17,20). The van der Waals surface area contributed by atoms with Crippen molar-refractivity contribution in [3.8, 4) is 0 Å². The average Bonchev–Trinajstić information content (AvgIpc) is 2.44. The molecule has 0 aliphatic carbocycles. The third-order valence-corrected chi connectivity index (χ3v) is 4.10. The lowest BCUT2D eigenvalue weighted by atomic mass is 10.1. The van der Waals surface area contributed by atoms with E-state index < -0.39 is 11.1 Å². The molecule has 0 bridgehead atoms. The van der Waals surface area contributed by atoms with Crippen LogP contribution in [-0.4, -0.2) is 21.3 Å². The van der Waals surface area contributed by atoms with E-state index in [1.807, 2.05) is 19.1 Å². The highest BCUT2D eigenvalue weighted by Gasteiger charge is 2.09. The second-order valence-electron chi connectivity index (χ2n) is 4.69. The molecule has 0 saturated carbocycles. The predicted molar refractivity (Wildman–Crippen MR) is 82.8 cm³/mol. The van der Waals surface area contributed by atoms with E-state index in [1.54, 1.807) is 7.05 Å². The van der Waals surface area contributed by atoms with Crippen molar-refractivity contribution in [2.75, 3.05) is 6.54 Å². The van der Waals surface area contributed by atoms with Crippen LogP contribution in [0.3, 0.4) is 0 Å². The van der Waals surface area contributed by atoms with E-state index in [-0.39, 0.29) is 0 Å². The summed E-state index contributed by atoms with van der Waals surface area (Å²) in [6.45, 7) is 5.72. The van der Waals surface area contributed by atoms with Crippen molar-refractivity contribution in [2.24, 2.45) is 7.05 Å². The minimum atomic E-state index is -0.768. The molecule has 0 fully saturated rings. The number of nitrogens with one attached hydrogen (secondary N) is 2. The van der Waals surface area contributed by atoms with Crippen LogP contribution in [-0.2, 0) is 13.6 Å². The Kier molecular flexibility index (Phi) is 4.98. The summed E-state index contributed by atoms with van der Waals surface area (Å²) < 4.78 is 1.46. The number of rotatable bonds is 5. The number of aromatic amines is 1.